The summed E-state index contributed by atoms with van der Waals surface area (Å²) in [5.41, 5.74) is 4.55. The van der Waals surface area contributed by atoms with Crippen LogP contribution >= 0.6 is 15.9 Å². The molecule has 1 aliphatic heterocycles. The van der Waals surface area contributed by atoms with E-state index in [9.17, 15) is 13.2 Å². The van der Waals surface area contributed by atoms with E-state index >= 15 is 0 Å². The Bertz CT molecular complexity index is 1620. The van der Waals surface area contributed by atoms with Crippen molar-refractivity contribution in [2.75, 3.05) is 25.0 Å². The van der Waals surface area contributed by atoms with Crippen LogP contribution in [0.1, 0.15) is 30.4 Å². The fraction of sp³-hybridized carbons (Fsp3) is 0.321. The Balaban J connectivity index is 1.29. The summed E-state index contributed by atoms with van der Waals surface area (Å²) in [7, 11) is -3.65. The number of aromatic nitrogens is 3. The van der Waals surface area contributed by atoms with Crippen LogP contribution in [0.15, 0.2) is 70.2 Å². The van der Waals surface area contributed by atoms with Gasteiger partial charge in [0.15, 0.2) is 5.65 Å². The second kappa shape index (κ2) is 12.0. The van der Waals surface area contributed by atoms with Crippen molar-refractivity contribution in [1.29, 1.82) is 0 Å². The number of carbonyl (C=O) groups is 1. The van der Waals surface area contributed by atoms with Gasteiger partial charge in [-0.25, -0.2) is 13.4 Å². The quantitative estimate of drug-likeness (QED) is 0.262. The minimum absolute atomic E-state index is 0.120. The second-order valence-corrected chi connectivity index (χ2v) is 12.7. The number of hydrogen-bond donors (Lipinski definition) is 2. The Labute approximate surface area is 241 Å². The lowest BCUT2D eigenvalue weighted by Gasteiger charge is -2.32. The van der Waals surface area contributed by atoms with Crippen LogP contribution in [0, 0.1) is 12.8 Å². The maximum absolute atomic E-state index is 13.4. The molecule has 1 unspecified atom stereocenters. The summed E-state index contributed by atoms with van der Waals surface area (Å²) >= 11 is 3.56. The number of carbonyl (C=O) groups excluding carboxylic acids is 1. The highest BCUT2D eigenvalue weighted by molar-refractivity contribution is 9.10. The number of anilines is 1. The third-order valence-corrected chi connectivity index (χ3v) is 9.65. The van der Waals surface area contributed by atoms with Crippen molar-refractivity contribution in [3.05, 3.63) is 76.4 Å². The Morgan fingerprint density at radius 3 is 2.73 bits per heavy atom. The zero-order valence-corrected chi connectivity index (χ0v) is 24.5. The minimum Gasteiger partial charge on any atom is -0.373 e. The molecule has 0 spiro atoms. The van der Waals surface area contributed by atoms with Crippen molar-refractivity contribution in [3.8, 4) is 11.3 Å². The van der Waals surface area contributed by atoms with E-state index in [-0.39, 0.29) is 17.2 Å². The van der Waals surface area contributed by atoms with Crippen LogP contribution in [-0.4, -0.2) is 52.9 Å². The Morgan fingerprint density at radius 1 is 1.20 bits per heavy atom. The van der Waals surface area contributed by atoms with Crippen molar-refractivity contribution >= 4 is 43.4 Å². The molecule has 2 aromatic carbocycles. The van der Waals surface area contributed by atoms with E-state index in [2.05, 4.69) is 44.2 Å². The van der Waals surface area contributed by atoms with E-state index in [0.29, 0.717) is 31.7 Å². The SMILES string of the molecule is Cc1ccccc1-c1cc(NCC2CCCN(S(=O)(=O)c3ccc(CCC(=O)ON)cc3)C2)n2ncc(Br)c2n1. The molecule has 0 bridgehead atoms. The predicted molar refractivity (Wildman–Crippen MR) is 156 cm³/mol. The first-order chi connectivity index (χ1) is 19.3. The Morgan fingerprint density at radius 2 is 1.98 bits per heavy atom. The lowest BCUT2D eigenvalue weighted by atomic mass is 10.00. The molecule has 0 radical (unpaired) electrons. The summed E-state index contributed by atoms with van der Waals surface area (Å²) in [5.74, 6) is 5.28. The third kappa shape index (κ3) is 6.04. The Hall–Kier alpha value is -3.32. The highest BCUT2D eigenvalue weighted by Gasteiger charge is 2.30. The van der Waals surface area contributed by atoms with Gasteiger partial charge in [0.25, 0.3) is 0 Å². The molecular formula is C28H31BrN6O4S. The fourth-order valence-electron chi connectivity index (χ4n) is 5.00. The standard InChI is InChI=1S/C28H31BrN6O4S/c1-19-5-2-3-7-23(19)25-15-26(35-28(33-25)24(29)17-32-35)31-16-21-6-4-14-34(18-21)40(37,38)22-11-8-20(9-12-22)10-13-27(36)39-30/h2-3,5,7-9,11-12,15,17,21,31H,4,6,10,13-14,16,18,30H2,1H3. The van der Waals surface area contributed by atoms with Crippen LogP contribution in [0.5, 0.6) is 0 Å². The highest BCUT2D eigenvalue weighted by atomic mass is 79.9. The molecule has 210 valence electrons. The molecule has 1 fully saturated rings. The maximum Gasteiger partial charge on any atom is 0.324 e. The van der Waals surface area contributed by atoms with Crippen LogP contribution in [0.4, 0.5) is 5.82 Å². The summed E-state index contributed by atoms with van der Waals surface area (Å²) in [6.45, 7) is 3.54. The molecule has 0 amide bonds. The van der Waals surface area contributed by atoms with Gasteiger partial charge >= 0.3 is 5.97 Å². The van der Waals surface area contributed by atoms with Gasteiger partial charge in [-0.3, -0.25) is 4.79 Å². The van der Waals surface area contributed by atoms with E-state index in [0.717, 1.165) is 45.5 Å². The number of hydrogen-bond acceptors (Lipinski definition) is 8. The van der Waals surface area contributed by atoms with Gasteiger partial charge in [-0.05, 0) is 71.3 Å². The van der Waals surface area contributed by atoms with Gasteiger partial charge in [-0.15, -0.1) is 0 Å². The van der Waals surface area contributed by atoms with Crippen molar-refractivity contribution in [1.82, 2.24) is 18.9 Å². The highest BCUT2D eigenvalue weighted by Crippen LogP contribution is 2.29. The maximum atomic E-state index is 13.4. The summed E-state index contributed by atoms with van der Waals surface area (Å²) in [6.07, 6.45) is 3.97. The number of nitrogens with zero attached hydrogens (tertiary/aromatic N) is 4. The van der Waals surface area contributed by atoms with E-state index in [1.165, 1.54) is 0 Å². The summed E-state index contributed by atoms with van der Waals surface area (Å²) in [4.78, 5) is 20.5. The van der Waals surface area contributed by atoms with Crippen molar-refractivity contribution < 1.29 is 18.0 Å². The van der Waals surface area contributed by atoms with E-state index < -0.39 is 16.0 Å². The molecule has 0 aliphatic carbocycles. The topological polar surface area (TPSA) is 132 Å². The molecule has 10 nitrogen and oxygen atoms in total. The molecule has 3 heterocycles. The van der Waals surface area contributed by atoms with Crippen LogP contribution < -0.4 is 11.2 Å². The van der Waals surface area contributed by atoms with Crippen molar-refractivity contribution in [2.45, 2.75) is 37.5 Å². The minimum atomic E-state index is -3.65. The number of piperidine rings is 1. The van der Waals surface area contributed by atoms with Crippen molar-refractivity contribution in [3.63, 3.8) is 0 Å². The summed E-state index contributed by atoms with van der Waals surface area (Å²) in [5, 5.41) is 7.99. The smallest absolute Gasteiger partial charge is 0.324 e. The Kier molecular flexibility index (Phi) is 8.50. The molecule has 5 rings (SSSR count). The molecule has 3 N–H and O–H groups in total. The average Bonchev–Trinajstić information content (AvgIpc) is 3.35. The number of aryl methyl sites for hydroxylation is 2. The molecular weight excluding hydrogens is 596 g/mol. The first-order valence-corrected chi connectivity index (χ1v) is 15.3. The van der Waals surface area contributed by atoms with Gasteiger partial charge in [0.05, 0.1) is 27.7 Å². The van der Waals surface area contributed by atoms with Crippen LogP contribution in [0.25, 0.3) is 16.9 Å². The zero-order valence-electron chi connectivity index (χ0n) is 22.1. The number of rotatable bonds is 9. The van der Waals surface area contributed by atoms with E-state index in [1.54, 1.807) is 39.3 Å². The largest absolute Gasteiger partial charge is 0.373 e. The second-order valence-electron chi connectivity index (χ2n) is 9.96. The van der Waals surface area contributed by atoms with E-state index in [4.69, 9.17) is 10.9 Å². The number of nitrogens with one attached hydrogen (secondary N) is 1. The lowest BCUT2D eigenvalue weighted by molar-refractivity contribution is -0.144. The van der Waals surface area contributed by atoms with Gasteiger partial charge in [0, 0.05) is 31.3 Å². The normalized spacial score (nSPS) is 16.2. The van der Waals surface area contributed by atoms with Crippen LogP contribution in [0.2, 0.25) is 0 Å². The molecule has 40 heavy (non-hydrogen) atoms. The zero-order chi connectivity index (χ0) is 28.3. The molecule has 4 aromatic rings. The number of halogens is 1. The number of fused-ring (bicyclic) bond motifs is 1. The van der Waals surface area contributed by atoms with Crippen molar-refractivity contribution in [2.24, 2.45) is 11.8 Å². The lowest BCUT2D eigenvalue weighted by Crippen LogP contribution is -2.41. The number of nitrogens with two attached hydrogens (primary N) is 1. The van der Waals surface area contributed by atoms with Crippen LogP contribution in [-0.2, 0) is 26.1 Å². The van der Waals surface area contributed by atoms with Gasteiger partial charge < -0.3 is 10.2 Å². The molecule has 1 saturated heterocycles. The van der Waals surface area contributed by atoms with Crippen LogP contribution in [0.3, 0.4) is 0 Å². The molecule has 0 saturated carbocycles. The monoisotopic (exact) mass is 626 g/mol. The van der Waals surface area contributed by atoms with E-state index in [1.807, 2.05) is 24.3 Å². The third-order valence-electron chi connectivity index (χ3n) is 7.21. The average molecular weight is 628 g/mol. The van der Waals surface area contributed by atoms with Gasteiger partial charge in [0.1, 0.15) is 5.82 Å². The molecule has 12 heteroatoms. The van der Waals surface area contributed by atoms with Gasteiger partial charge in [0.2, 0.25) is 10.0 Å². The van der Waals surface area contributed by atoms with Gasteiger partial charge in [-0.1, -0.05) is 36.4 Å². The molecule has 2 aromatic heterocycles. The predicted octanol–water partition coefficient (Wildman–Crippen LogP) is 4.33. The summed E-state index contributed by atoms with van der Waals surface area (Å²) in [6, 6.07) is 16.7. The summed E-state index contributed by atoms with van der Waals surface area (Å²) < 4.78 is 31.0. The number of sulfonamides is 1. The first kappa shape index (κ1) is 28.2. The molecule has 1 atom stereocenters. The van der Waals surface area contributed by atoms with Gasteiger partial charge in [-0.2, -0.15) is 19.8 Å². The fourth-order valence-corrected chi connectivity index (χ4v) is 6.91. The first-order valence-electron chi connectivity index (χ1n) is 13.1. The molecule has 1 aliphatic rings. The number of benzene rings is 2.